The maximum absolute atomic E-state index is 13.1. The van der Waals surface area contributed by atoms with E-state index >= 15 is 0 Å². The maximum atomic E-state index is 13.1. The molecule has 0 bridgehead atoms. The second kappa shape index (κ2) is 6.93. The van der Waals surface area contributed by atoms with Gasteiger partial charge in [-0.05, 0) is 30.2 Å². The van der Waals surface area contributed by atoms with E-state index in [0.717, 1.165) is 0 Å². The lowest BCUT2D eigenvalue weighted by molar-refractivity contribution is -0.207. The van der Waals surface area contributed by atoms with Crippen molar-refractivity contribution in [3.63, 3.8) is 0 Å². The Hall–Kier alpha value is -2.77. The van der Waals surface area contributed by atoms with Crippen molar-refractivity contribution >= 4 is 33.4 Å². The second-order valence-electron chi connectivity index (χ2n) is 6.87. The topological polar surface area (TPSA) is 58.0 Å². The van der Waals surface area contributed by atoms with Gasteiger partial charge in [0.05, 0.1) is 22.8 Å². The van der Waals surface area contributed by atoms with Crippen molar-refractivity contribution in [2.24, 2.45) is 0 Å². The third-order valence-corrected chi connectivity index (χ3v) is 5.31. The zero-order chi connectivity index (χ0) is 20.9. The molecule has 1 unspecified atom stereocenters. The number of aliphatic hydroxyl groups is 1. The molecule has 2 N–H and O–H groups in total. The molecule has 0 saturated heterocycles. The smallest absolute Gasteiger partial charge is 0.382 e. The Morgan fingerprint density at radius 3 is 2.48 bits per heavy atom. The third kappa shape index (κ3) is 3.30. The van der Waals surface area contributed by atoms with Crippen LogP contribution in [-0.2, 0) is 6.54 Å². The summed E-state index contributed by atoms with van der Waals surface area (Å²) in [5, 5.41) is 11.2. The number of hydrogen-bond acceptors (Lipinski definition) is 2. The van der Waals surface area contributed by atoms with Gasteiger partial charge in [0.25, 0.3) is 0 Å². The van der Waals surface area contributed by atoms with Gasteiger partial charge in [0.2, 0.25) is 5.56 Å². The van der Waals surface area contributed by atoms with Crippen LogP contribution in [0.15, 0.2) is 53.3 Å². The molecule has 0 amide bonds. The van der Waals surface area contributed by atoms with Gasteiger partial charge >= 0.3 is 6.18 Å². The molecule has 0 aliphatic rings. The first-order valence-electron chi connectivity index (χ1n) is 8.83. The first-order valence-corrected chi connectivity index (χ1v) is 9.21. The maximum Gasteiger partial charge on any atom is 0.416 e. The number of hydrogen-bond donors (Lipinski definition) is 2. The van der Waals surface area contributed by atoms with Crippen molar-refractivity contribution in [2.45, 2.75) is 25.7 Å². The Morgan fingerprint density at radius 2 is 1.83 bits per heavy atom. The Kier molecular flexibility index (Phi) is 4.67. The monoisotopic (exact) mass is 420 g/mol. The number of aromatic amines is 1. The van der Waals surface area contributed by atoms with Gasteiger partial charge in [0.15, 0.2) is 6.10 Å². The molecule has 0 spiro atoms. The number of halogens is 4. The zero-order valence-electron chi connectivity index (χ0n) is 15.2. The fourth-order valence-corrected chi connectivity index (χ4v) is 4.08. The van der Waals surface area contributed by atoms with Gasteiger partial charge in [-0.2, -0.15) is 13.2 Å². The average Bonchev–Trinajstić information content (AvgIpc) is 2.93. The molecule has 150 valence electrons. The van der Waals surface area contributed by atoms with Gasteiger partial charge in [0.1, 0.15) is 0 Å². The molecule has 4 nitrogen and oxygen atoms in total. The van der Waals surface area contributed by atoms with Crippen molar-refractivity contribution in [2.75, 3.05) is 0 Å². The molecule has 0 aliphatic carbocycles. The van der Waals surface area contributed by atoms with E-state index in [1.165, 1.54) is 10.6 Å². The van der Waals surface area contributed by atoms with E-state index in [-0.39, 0.29) is 10.6 Å². The van der Waals surface area contributed by atoms with E-state index in [0.29, 0.717) is 38.6 Å². The summed E-state index contributed by atoms with van der Waals surface area (Å²) in [6, 6.07) is 13.5. The van der Waals surface area contributed by atoms with Crippen molar-refractivity contribution in [1.82, 2.24) is 9.55 Å². The number of H-pyrrole nitrogens is 1. The van der Waals surface area contributed by atoms with Crippen LogP contribution in [0.25, 0.3) is 33.1 Å². The average molecular weight is 421 g/mol. The minimum Gasteiger partial charge on any atom is -0.382 e. The Morgan fingerprint density at radius 1 is 1.14 bits per heavy atom. The first-order chi connectivity index (χ1) is 13.7. The summed E-state index contributed by atoms with van der Waals surface area (Å²) in [7, 11) is 0. The fourth-order valence-electron chi connectivity index (χ4n) is 3.78. The highest BCUT2D eigenvalue weighted by Crippen LogP contribution is 2.39. The highest BCUT2D eigenvalue weighted by atomic mass is 35.5. The largest absolute Gasteiger partial charge is 0.416 e. The van der Waals surface area contributed by atoms with Gasteiger partial charge in [-0.25, -0.2) is 0 Å². The number of pyridine rings is 1. The van der Waals surface area contributed by atoms with Crippen LogP contribution >= 0.6 is 11.6 Å². The molecule has 4 rings (SSSR count). The second-order valence-corrected chi connectivity index (χ2v) is 7.28. The lowest BCUT2D eigenvalue weighted by atomic mass is 10.0. The van der Waals surface area contributed by atoms with Crippen LogP contribution in [0.1, 0.15) is 5.56 Å². The number of nitrogens with one attached hydrogen (secondary N) is 1. The number of rotatable bonds is 3. The summed E-state index contributed by atoms with van der Waals surface area (Å²) in [6.07, 6.45) is -7.28. The molecule has 8 heteroatoms. The van der Waals surface area contributed by atoms with Crippen LogP contribution < -0.4 is 5.56 Å². The summed E-state index contributed by atoms with van der Waals surface area (Å²) in [5.74, 6) is 0. The van der Waals surface area contributed by atoms with Gasteiger partial charge < -0.3 is 14.7 Å². The van der Waals surface area contributed by atoms with Crippen LogP contribution in [0.3, 0.4) is 0 Å². The van der Waals surface area contributed by atoms with Crippen molar-refractivity contribution in [3.05, 3.63) is 69.5 Å². The number of aromatic nitrogens is 2. The minimum absolute atomic E-state index is 0.214. The van der Waals surface area contributed by atoms with Crippen molar-refractivity contribution in [1.29, 1.82) is 0 Å². The van der Waals surface area contributed by atoms with Crippen LogP contribution in [0.4, 0.5) is 13.2 Å². The molecule has 0 saturated carbocycles. The van der Waals surface area contributed by atoms with E-state index in [1.54, 1.807) is 43.3 Å². The molecule has 2 aromatic carbocycles. The Balaban J connectivity index is 2.11. The molecular formula is C21H16ClF3N2O2. The molecule has 0 radical (unpaired) electrons. The zero-order valence-corrected chi connectivity index (χ0v) is 16.0. The quantitative estimate of drug-likeness (QED) is 0.488. The van der Waals surface area contributed by atoms with Crippen LogP contribution in [0.5, 0.6) is 0 Å². The van der Waals surface area contributed by atoms with Crippen LogP contribution in [0.2, 0.25) is 5.02 Å². The van der Waals surface area contributed by atoms with E-state index in [1.807, 2.05) is 6.07 Å². The molecule has 4 aromatic rings. The number of nitrogens with zero attached hydrogens (tertiary/aromatic N) is 1. The highest BCUT2D eigenvalue weighted by Gasteiger charge is 2.39. The standard InChI is InChI=1S/C21H16ClF3N2O2/c1-11-18-15(8-7-14-19(18)13(22)9-17(29)26-14)27(10-16(28)21(23,24)25)20(11)12-5-3-2-4-6-12/h2-9,16,28H,10H2,1H3,(H,26,29). The fraction of sp³-hybridized carbons (Fsp3) is 0.190. The normalized spacial score (nSPS) is 13.3. The summed E-state index contributed by atoms with van der Waals surface area (Å²) in [4.78, 5) is 14.5. The summed E-state index contributed by atoms with van der Waals surface area (Å²) < 4.78 is 40.8. The van der Waals surface area contributed by atoms with E-state index in [4.69, 9.17) is 11.6 Å². The number of aliphatic hydroxyl groups excluding tert-OH is 1. The van der Waals surface area contributed by atoms with Crippen molar-refractivity contribution in [3.8, 4) is 11.3 Å². The molecule has 2 heterocycles. The predicted octanol–water partition coefficient (Wildman–Crippen LogP) is 5.03. The Bertz CT molecular complexity index is 1280. The van der Waals surface area contributed by atoms with Crippen LogP contribution in [-0.4, -0.2) is 26.9 Å². The molecule has 1 atom stereocenters. The van der Waals surface area contributed by atoms with E-state index in [2.05, 4.69) is 4.98 Å². The number of aryl methyl sites for hydroxylation is 1. The number of benzene rings is 2. The lowest BCUT2D eigenvalue weighted by Crippen LogP contribution is -2.33. The highest BCUT2D eigenvalue weighted by molar-refractivity contribution is 6.37. The van der Waals surface area contributed by atoms with Gasteiger partial charge in [-0.1, -0.05) is 41.9 Å². The third-order valence-electron chi connectivity index (χ3n) is 5.01. The SMILES string of the molecule is Cc1c(-c2ccccc2)n(CC(O)C(F)(F)F)c2ccc3[nH]c(=O)cc(Cl)c3c12. The summed E-state index contributed by atoms with van der Waals surface area (Å²) in [5.41, 5.74) is 2.59. The van der Waals surface area contributed by atoms with Gasteiger partial charge in [0, 0.05) is 22.4 Å². The van der Waals surface area contributed by atoms with E-state index < -0.39 is 18.8 Å². The summed E-state index contributed by atoms with van der Waals surface area (Å²) >= 11 is 6.34. The van der Waals surface area contributed by atoms with E-state index in [9.17, 15) is 23.1 Å². The van der Waals surface area contributed by atoms with Gasteiger partial charge in [-0.3, -0.25) is 4.79 Å². The molecule has 2 aromatic heterocycles. The predicted molar refractivity (Wildman–Crippen MR) is 107 cm³/mol. The Labute approximate surface area is 168 Å². The summed E-state index contributed by atoms with van der Waals surface area (Å²) in [6.45, 7) is 1.13. The molecule has 0 aliphatic heterocycles. The molecule has 0 fully saturated rings. The first kappa shape index (κ1) is 19.5. The minimum atomic E-state index is -4.75. The number of alkyl halides is 3. The van der Waals surface area contributed by atoms with Gasteiger partial charge in [-0.15, -0.1) is 0 Å². The lowest BCUT2D eigenvalue weighted by Gasteiger charge is -2.18. The van der Waals surface area contributed by atoms with Crippen molar-refractivity contribution < 1.29 is 18.3 Å². The molecule has 29 heavy (non-hydrogen) atoms. The number of fused-ring (bicyclic) bond motifs is 3. The van der Waals surface area contributed by atoms with Crippen LogP contribution in [0, 0.1) is 6.92 Å². The molecular weight excluding hydrogens is 405 g/mol.